The zero-order valence-corrected chi connectivity index (χ0v) is 16.6. The number of carbonyl (C=O) groups is 2. The van der Waals surface area contributed by atoms with E-state index >= 15 is 0 Å². The standard InChI is InChI=1S/C19H27N3O4S/c1-2-27(25,26)14-18(24)21-11-7-19(8-12-21)6-3-17(23)22(15-19)13-16-4-9-20-10-5-16/h4-5,9-10H,2-3,6-8,11-15H2,1H3. The molecule has 7 nitrogen and oxygen atoms in total. The summed E-state index contributed by atoms with van der Waals surface area (Å²) in [5.41, 5.74) is 1.09. The van der Waals surface area contributed by atoms with Crippen LogP contribution in [-0.4, -0.2) is 66.2 Å². The number of hydrogen-bond acceptors (Lipinski definition) is 5. The third kappa shape index (κ3) is 4.86. The second-order valence-electron chi connectivity index (χ2n) is 7.66. The monoisotopic (exact) mass is 393 g/mol. The Balaban J connectivity index is 1.60. The van der Waals surface area contributed by atoms with Crippen LogP contribution in [0.15, 0.2) is 24.5 Å². The van der Waals surface area contributed by atoms with Crippen LogP contribution in [0, 0.1) is 5.41 Å². The normalized spacial score (nSPS) is 20.1. The number of hydrogen-bond donors (Lipinski definition) is 0. The lowest BCUT2D eigenvalue weighted by Gasteiger charge is -2.47. The van der Waals surface area contributed by atoms with E-state index in [0.29, 0.717) is 32.6 Å². The summed E-state index contributed by atoms with van der Waals surface area (Å²) in [6.45, 7) is 3.97. The van der Waals surface area contributed by atoms with Gasteiger partial charge in [-0.25, -0.2) is 8.42 Å². The molecule has 0 radical (unpaired) electrons. The second kappa shape index (κ2) is 7.96. The van der Waals surface area contributed by atoms with Gasteiger partial charge in [0.2, 0.25) is 11.8 Å². The Labute approximate surface area is 160 Å². The van der Waals surface area contributed by atoms with Gasteiger partial charge in [-0.05, 0) is 42.4 Å². The highest BCUT2D eigenvalue weighted by Gasteiger charge is 2.41. The maximum Gasteiger partial charge on any atom is 0.237 e. The van der Waals surface area contributed by atoms with Crippen molar-refractivity contribution < 1.29 is 18.0 Å². The van der Waals surface area contributed by atoms with Crippen LogP contribution < -0.4 is 0 Å². The number of likely N-dealkylation sites (tertiary alicyclic amines) is 2. The van der Waals surface area contributed by atoms with Gasteiger partial charge >= 0.3 is 0 Å². The van der Waals surface area contributed by atoms with Crippen LogP contribution in [0.2, 0.25) is 0 Å². The molecule has 148 valence electrons. The van der Waals surface area contributed by atoms with Gasteiger partial charge in [-0.1, -0.05) is 6.92 Å². The van der Waals surface area contributed by atoms with Crippen molar-refractivity contribution in [3.8, 4) is 0 Å². The molecule has 1 aromatic heterocycles. The molecular weight excluding hydrogens is 366 g/mol. The fourth-order valence-corrected chi connectivity index (χ4v) is 4.74. The molecule has 0 atom stereocenters. The summed E-state index contributed by atoms with van der Waals surface area (Å²) in [6.07, 6.45) is 6.45. The van der Waals surface area contributed by atoms with E-state index in [-0.39, 0.29) is 23.0 Å². The van der Waals surface area contributed by atoms with Crippen molar-refractivity contribution in [1.29, 1.82) is 0 Å². The van der Waals surface area contributed by atoms with Gasteiger partial charge in [0.25, 0.3) is 0 Å². The molecule has 8 heteroatoms. The highest BCUT2D eigenvalue weighted by Crippen LogP contribution is 2.40. The fraction of sp³-hybridized carbons (Fsp3) is 0.632. The van der Waals surface area contributed by atoms with Gasteiger partial charge < -0.3 is 9.80 Å². The van der Waals surface area contributed by atoms with E-state index in [9.17, 15) is 18.0 Å². The zero-order chi connectivity index (χ0) is 19.5. The average Bonchev–Trinajstić information content (AvgIpc) is 2.66. The molecule has 1 aromatic rings. The summed E-state index contributed by atoms with van der Waals surface area (Å²) in [5.74, 6) is -0.539. The second-order valence-corrected chi connectivity index (χ2v) is 10.0. The van der Waals surface area contributed by atoms with Crippen molar-refractivity contribution >= 4 is 21.7 Å². The first-order chi connectivity index (χ1) is 12.8. The van der Waals surface area contributed by atoms with Crippen molar-refractivity contribution in [2.24, 2.45) is 5.41 Å². The fourth-order valence-electron chi connectivity index (χ4n) is 3.98. The van der Waals surface area contributed by atoms with Crippen molar-refractivity contribution in [2.45, 2.75) is 39.2 Å². The number of piperidine rings is 2. The molecule has 2 aliphatic heterocycles. The first-order valence-corrected chi connectivity index (χ1v) is 11.3. The number of amides is 2. The van der Waals surface area contributed by atoms with E-state index in [1.807, 2.05) is 17.0 Å². The lowest BCUT2D eigenvalue weighted by atomic mass is 9.72. The van der Waals surface area contributed by atoms with Crippen molar-refractivity contribution in [1.82, 2.24) is 14.8 Å². The zero-order valence-electron chi connectivity index (χ0n) is 15.8. The number of carbonyl (C=O) groups excluding carboxylic acids is 2. The highest BCUT2D eigenvalue weighted by atomic mass is 32.2. The smallest absolute Gasteiger partial charge is 0.237 e. The van der Waals surface area contributed by atoms with Gasteiger partial charge in [-0.3, -0.25) is 14.6 Å². The summed E-state index contributed by atoms with van der Waals surface area (Å²) < 4.78 is 23.4. The molecule has 0 aliphatic carbocycles. The molecule has 2 fully saturated rings. The van der Waals surface area contributed by atoms with E-state index in [4.69, 9.17) is 0 Å². The third-order valence-corrected chi connectivity index (χ3v) is 7.40. The lowest BCUT2D eigenvalue weighted by molar-refractivity contribution is -0.142. The molecule has 0 unspecified atom stereocenters. The molecule has 2 saturated heterocycles. The van der Waals surface area contributed by atoms with Crippen molar-refractivity contribution in [3.63, 3.8) is 0 Å². The molecule has 0 N–H and O–H groups in total. The van der Waals surface area contributed by atoms with Crippen molar-refractivity contribution in [2.75, 3.05) is 31.1 Å². The maximum atomic E-state index is 12.4. The molecule has 27 heavy (non-hydrogen) atoms. The van der Waals surface area contributed by atoms with Crippen LogP contribution in [-0.2, 0) is 26.0 Å². The summed E-state index contributed by atoms with van der Waals surface area (Å²) in [4.78, 5) is 32.2. The third-order valence-electron chi connectivity index (χ3n) is 5.83. The van der Waals surface area contributed by atoms with Crippen LogP contribution in [0.3, 0.4) is 0 Å². The van der Waals surface area contributed by atoms with E-state index < -0.39 is 15.6 Å². The van der Waals surface area contributed by atoms with Gasteiger partial charge in [-0.2, -0.15) is 0 Å². The SMILES string of the molecule is CCS(=O)(=O)CC(=O)N1CCC2(CCC(=O)N(Cc3ccncc3)C2)CC1. The van der Waals surface area contributed by atoms with E-state index in [2.05, 4.69) is 4.98 Å². The summed E-state index contributed by atoms with van der Waals surface area (Å²) >= 11 is 0. The minimum absolute atomic E-state index is 0.0113. The largest absolute Gasteiger partial charge is 0.342 e. The Bertz CT molecular complexity index is 786. The molecular formula is C19H27N3O4S. The summed E-state index contributed by atoms with van der Waals surface area (Å²) in [6, 6.07) is 3.84. The van der Waals surface area contributed by atoms with Gasteiger partial charge in [0.1, 0.15) is 5.75 Å². The van der Waals surface area contributed by atoms with Gasteiger partial charge in [-0.15, -0.1) is 0 Å². The summed E-state index contributed by atoms with van der Waals surface area (Å²) in [7, 11) is -3.30. The maximum absolute atomic E-state index is 12.4. The number of sulfone groups is 1. The van der Waals surface area contributed by atoms with E-state index in [1.165, 1.54) is 0 Å². The number of aromatic nitrogens is 1. The Morgan fingerprint density at radius 1 is 1.19 bits per heavy atom. The average molecular weight is 394 g/mol. The van der Waals surface area contributed by atoms with Crippen LogP contribution in [0.4, 0.5) is 0 Å². The molecule has 3 heterocycles. The van der Waals surface area contributed by atoms with E-state index in [1.54, 1.807) is 24.2 Å². The molecule has 2 aliphatic rings. The lowest BCUT2D eigenvalue weighted by Crippen LogP contribution is -2.52. The van der Waals surface area contributed by atoms with Gasteiger partial charge in [0.05, 0.1) is 0 Å². The number of rotatable bonds is 5. The molecule has 1 spiro atoms. The van der Waals surface area contributed by atoms with Crippen molar-refractivity contribution in [3.05, 3.63) is 30.1 Å². The van der Waals surface area contributed by atoms with Crippen LogP contribution in [0.5, 0.6) is 0 Å². The predicted molar refractivity (Wildman–Crippen MR) is 101 cm³/mol. The summed E-state index contributed by atoms with van der Waals surface area (Å²) in [5, 5.41) is 0. The minimum atomic E-state index is -3.30. The Hall–Kier alpha value is -1.96. The predicted octanol–water partition coefficient (Wildman–Crippen LogP) is 1.25. The van der Waals surface area contributed by atoms with E-state index in [0.717, 1.165) is 24.8 Å². The van der Waals surface area contributed by atoms with Crippen LogP contribution in [0.1, 0.15) is 38.2 Å². The van der Waals surface area contributed by atoms with Gasteiger partial charge in [0.15, 0.2) is 9.84 Å². The van der Waals surface area contributed by atoms with Crippen LogP contribution >= 0.6 is 0 Å². The molecule has 3 rings (SSSR count). The molecule has 0 saturated carbocycles. The first-order valence-electron chi connectivity index (χ1n) is 9.47. The Morgan fingerprint density at radius 2 is 1.85 bits per heavy atom. The first kappa shape index (κ1) is 19.8. The van der Waals surface area contributed by atoms with Gasteiger partial charge in [0, 0.05) is 50.7 Å². The molecule has 0 aromatic carbocycles. The molecule has 2 amide bonds. The number of nitrogens with zero attached hydrogens (tertiary/aromatic N) is 3. The van der Waals surface area contributed by atoms with Crippen LogP contribution in [0.25, 0.3) is 0 Å². The molecule has 0 bridgehead atoms. The topological polar surface area (TPSA) is 87.7 Å². The quantitative estimate of drug-likeness (QED) is 0.751. The highest BCUT2D eigenvalue weighted by molar-refractivity contribution is 7.92. The minimum Gasteiger partial charge on any atom is -0.342 e. The number of pyridine rings is 1. The Morgan fingerprint density at radius 3 is 2.48 bits per heavy atom. The Kier molecular flexibility index (Phi) is 5.83.